The number of carboxylic acid groups (broad SMARTS) is 1. The number of fused-ring (bicyclic) bond motifs is 1. The van der Waals surface area contributed by atoms with E-state index >= 15 is 0 Å². The van der Waals surface area contributed by atoms with Crippen LogP contribution in [0.4, 0.5) is 0 Å². The van der Waals surface area contributed by atoms with E-state index in [1.807, 2.05) is 30.3 Å². The molecule has 0 saturated heterocycles. The van der Waals surface area contributed by atoms with Crippen LogP contribution in [0.2, 0.25) is 0 Å². The normalized spacial score (nSPS) is 10.7. The third-order valence-electron chi connectivity index (χ3n) is 2.66. The average molecular weight is 246 g/mol. The standard InChI is InChI=1S/C13H14N2O3/c16-12(17)5-6-14-8-10-7-9-3-1-2-4-11(9)15-13(10)18/h1-4,7,14H,5-6,8H2,(H,15,18)(H,16,17). The van der Waals surface area contributed by atoms with Crippen molar-refractivity contribution in [2.75, 3.05) is 6.54 Å². The van der Waals surface area contributed by atoms with Gasteiger partial charge in [0.2, 0.25) is 0 Å². The summed E-state index contributed by atoms with van der Waals surface area (Å²) in [6, 6.07) is 9.36. The number of nitrogens with one attached hydrogen (secondary N) is 2. The van der Waals surface area contributed by atoms with Crippen molar-refractivity contribution in [3.05, 3.63) is 46.2 Å². The lowest BCUT2D eigenvalue weighted by molar-refractivity contribution is -0.136. The molecule has 0 fully saturated rings. The van der Waals surface area contributed by atoms with Gasteiger partial charge in [-0.3, -0.25) is 9.59 Å². The highest BCUT2D eigenvalue weighted by Gasteiger charge is 2.02. The number of carbonyl (C=O) groups is 1. The van der Waals surface area contributed by atoms with E-state index in [4.69, 9.17) is 5.11 Å². The van der Waals surface area contributed by atoms with Gasteiger partial charge in [0.1, 0.15) is 0 Å². The first-order valence-corrected chi connectivity index (χ1v) is 5.70. The van der Waals surface area contributed by atoms with Crippen LogP contribution in [0, 0.1) is 0 Å². The Morgan fingerprint density at radius 3 is 2.89 bits per heavy atom. The topological polar surface area (TPSA) is 82.2 Å². The van der Waals surface area contributed by atoms with Crippen molar-refractivity contribution >= 4 is 16.9 Å². The molecule has 0 unspecified atom stereocenters. The number of pyridine rings is 1. The van der Waals surface area contributed by atoms with Crippen LogP contribution in [0.3, 0.4) is 0 Å². The van der Waals surface area contributed by atoms with E-state index < -0.39 is 5.97 Å². The molecule has 0 spiro atoms. The first-order chi connectivity index (χ1) is 8.66. The summed E-state index contributed by atoms with van der Waals surface area (Å²) in [6.07, 6.45) is 0.0471. The Kier molecular flexibility index (Phi) is 3.74. The molecule has 0 aliphatic rings. The number of hydrogen-bond donors (Lipinski definition) is 3. The maximum atomic E-state index is 11.7. The van der Waals surface area contributed by atoms with Gasteiger partial charge < -0.3 is 15.4 Å². The monoisotopic (exact) mass is 246 g/mol. The maximum Gasteiger partial charge on any atom is 0.304 e. The van der Waals surface area contributed by atoms with Gasteiger partial charge in [-0.15, -0.1) is 0 Å². The second-order valence-electron chi connectivity index (χ2n) is 4.03. The van der Waals surface area contributed by atoms with Gasteiger partial charge >= 0.3 is 5.97 Å². The summed E-state index contributed by atoms with van der Waals surface area (Å²) >= 11 is 0. The van der Waals surface area contributed by atoms with E-state index in [1.165, 1.54) is 0 Å². The van der Waals surface area contributed by atoms with E-state index in [0.29, 0.717) is 18.7 Å². The zero-order chi connectivity index (χ0) is 13.0. The van der Waals surface area contributed by atoms with Gasteiger partial charge in [0.05, 0.1) is 6.42 Å². The van der Waals surface area contributed by atoms with Crippen LogP contribution in [0.1, 0.15) is 12.0 Å². The van der Waals surface area contributed by atoms with Gasteiger partial charge in [-0.2, -0.15) is 0 Å². The van der Waals surface area contributed by atoms with Crippen LogP contribution >= 0.6 is 0 Å². The van der Waals surface area contributed by atoms with E-state index in [0.717, 1.165) is 10.9 Å². The fraction of sp³-hybridized carbons (Fsp3) is 0.231. The van der Waals surface area contributed by atoms with E-state index in [9.17, 15) is 9.59 Å². The minimum Gasteiger partial charge on any atom is -0.481 e. The average Bonchev–Trinajstić information content (AvgIpc) is 2.34. The van der Waals surface area contributed by atoms with Crippen LogP contribution in [0.5, 0.6) is 0 Å². The van der Waals surface area contributed by atoms with Crippen molar-refractivity contribution < 1.29 is 9.90 Å². The SMILES string of the molecule is O=C(O)CCNCc1cc2ccccc2[nH]c1=O. The predicted octanol–water partition coefficient (Wildman–Crippen LogP) is 1.09. The van der Waals surface area contributed by atoms with Crippen LogP contribution in [-0.2, 0) is 11.3 Å². The summed E-state index contributed by atoms with van der Waals surface area (Å²) in [5.74, 6) is -0.852. The zero-order valence-corrected chi connectivity index (χ0v) is 9.77. The molecule has 5 nitrogen and oxygen atoms in total. The molecule has 2 aromatic rings. The van der Waals surface area contributed by atoms with Gasteiger partial charge in [0, 0.05) is 24.2 Å². The molecule has 18 heavy (non-hydrogen) atoms. The minimum atomic E-state index is -0.852. The zero-order valence-electron chi connectivity index (χ0n) is 9.77. The van der Waals surface area contributed by atoms with Gasteiger partial charge in [0.25, 0.3) is 5.56 Å². The van der Waals surface area contributed by atoms with Crippen molar-refractivity contribution in [3.63, 3.8) is 0 Å². The number of aromatic nitrogens is 1. The molecule has 1 aromatic heterocycles. The summed E-state index contributed by atoms with van der Waals surface area (Å²) in [5.41, 5.74) is 1.27. The molecule has 0 aliphatic carbocycles. The molecule has 1 aromatic carbocycles. The van der Waals surface area contributed by atoms with Gasteiger partial charge in [-0.1, -0.05) is 18.2 Å². The third kappa shape index (κ3) is 2.95. The second-order valence-corrected chi connectivity index (χ2v) is 4.03. The van der Waals surface area contributed by atoms with Gasteiger partial charge in [-0.05, 0) is 17.5 Å². The van der Waals surface area contributed by atoms with Crippen LogP contribution in [0.25, 0.3) is 10.9 Å². The molecule has 0 atom stereocenters. The Morgan fingerprint density at radius 1 is 1.33 bits per heavy atom. The van der Waals surface area contributed by atoms with Crippen molar-refractivity contribution in [1.82, 2.24) is 10.3 Å². The van der Waals surface area contributed by atoms with Crippen LogP contribution in [-0.4, -0.2) is 22.6 Å². The van der Waals surface area contributed by atoms with E-state index in [2.05, 4.69) is 10.3 Å². The molecule has 3 N–H and O–H groups in total. The maximum absolute atomic E-state index is 11.7. The molecule has 5 heteroatoms. The molecule has 0 saturated carbocycles. The fourth-order valence-corrected chi connectivity index (χ4v) is 1.74. The second kappa shape index (κ2) is 5.46. The smallest absolute Gasteiger partial charge is 0.304 e. The Balaban J connectivity index is 2.11. The number of para-hydroxylation sites is 1. The number of rotatable bonds is 5. The van der Waals surface area contributed by atoms with Gasteiger partial charge in [-0.25, -0.2) is 0 Å². The van der Waals surface area contributed by atoms with E-state index in [-0.39, 0.29) is 12.0 Å². The molecule has 0 aliphatic heterocycles. The number of hydrogen-bond acceptors (Lipinski definition) is 3. The van der Waals surface area contributed by atoms with Crippen molar-refractivity contribution in [2.45, 2.75) is 13.0 Å². The fourth-order valence-electron chi connectivity index (χ4n) is 1.74. The summed E-state index contributed by atoms with van der Waals surface area (Å²) in [4.78, 5) is 24.9. The quantitative estimate of drug-likeness (QED) is 0.690. The number of H-pyrrole nitrogens is 1. The predicted molar refractivity (Wildman–Crippen MR) is 68.5 cm³/mol. The minimum absolute atomic E-state index is 0.0471. The Hall–Kier alpha value is -2.14. The van der Waals surface area contributed by atoms with Crippen LogP contribution in [0.15, 0.2) is 35.1 Å². The molecule has 0 bridgehead atoms. The lowest BCUT2D eigenvalue weighted by atomic mass is 10.1. The number of aromatic amines is 1. The Labute approximate surface area is 103 Å². The molecule has 1 heterocycles. The van der Waals surface area contributed by atoms with Crippen molar-refractivity contribution in [1.29, 1.82) is 0 Å². The lowest BCUT2D eigenvalue weighted by Crippen LogP contribution is -2.23. The molecular formula is C13H14N2O3. The van der Waals surface area contributed by atoms with Crippen molar-refractivity contribution in [2.24, 2.45) is 0 Å². The Bertz CT molecular complexity index is 619. The highest BCUT2D eigenvalue weighted by molar-refractivity contribution is 5.78. The highest BCUT2D eigenvalue weighted by atomic mass is 16.4. The number of carboxylic acids is 1. The van der Waals surface area contributed by atoms with Gasteiger partial charge in [0.15, 0.2) is 0 Å². The number of benzene rings is 1. The summed E-state index contributed by atoms with van der Waals surface area (Å²) in [5, 5.41) is 12.4. The highest BCUT2D eigenvalue weighted by Crippen LogP contribution is 2.09. The largest absolute Gasteiger partial charge is 0.481 e. The third-order valence-corrected chi connectivity index (χ3v) is 2.66. The first kappa shape index (κ1) is 12.3. The molecule has 94 valence electrons. The van der Waals surface area contributed by atoms with E-state index in [1.54, 1.807) is 0 Å². The summed E-state index contributed by atoms with van der Waals surface area (Å²) in [6.45, 7) is 0.717. The van der Waals surface area contributed by atoms with Crippen LogP contribution < -0.4 is 10.9 Å². The molecule has 0 amide bonds. The summed E-state index contributed by atoms with van der Waals surface area (Å²) in [7, 11) is 0. The van der Waals surface area contributed by atoms with Crippen molar-refractivity contribution in [3.8, 4) is 0 Å². The number of aliphatic carboxylic acids is 1. The first-order valence-electron chi connectivity index (χ1n) is 5.70. The lowest BCUT2D eigenvalue weighted by Gasteiger charge is -2.04. The molecule has 0 radical (unpaired) electrons. The molecular weight excluding hydrogens is 232 g/mol. The summed E-state index contributed by atoms with van der Waals surface area (Å²) < 4.78 is 0. The molecule has 2 rings (SSSR count). The Morgan fingerprint density at radius 2 is 2.11 bits per heavy atom.